The van der Waals surface area contributed by atoms with E-state index < -0.39 is 29.3 Å². The molecule has 1 unspecified atom stereocenters. The highest BCUT2D eigenvalue weighted by Crippen LogP contribution is 2.44. The van der Waals surface area contributed by atoms with Crippen LogP contribution < -0.4 is 10.6 Å². The van der Waals surface area contributed by atoms with Crippen LogP contribution in [0.5, 0.6) is 0 Å². The number of primary amides is 1. The first kappa shape index (κ1) is 20.0. The molecule has 28 heavy (non-hydrogen) atoms. The molecule has 2 aliphatic rings. The lowest BCUT2D eigenvalue weighted by Gasteiger charge is -2.40. The highest BCUT2D eigenvalue weighted by Gasteiger charge is 2.48. The van der Waals surface area contributed by atoms with E-state index in [9.17, 15) is 22.8 Å². The lowest BCUT2D eigenvalue weighted by atomic mass is 9.76. The van der Waals surface area contributed by atoms with Crippen molar-refractivity contribution in [3.63, 3.8) is 0 Å². The summed E-state index contributed by atoms with van der Waals surface area (Å²) in [4.78, 5) is 26.9. The Morgan fingerprint density at radius 1 is 1.29 bits per heavy atom. The topological polar surface area (TPSA) is 90.4 Å². The predicted molar refractivity (Wildman–Crippen MR) is 95.0 cm³/mol. The second-order valence-corrected chi connectivity index (χ2v) is 7.60. The van der Waals surface area contributed by atoms with E-state index >= 15 is 0 Å². The second-order valence-electron chi connectivity index (χ2n) is 7.60. The summed E-state index contributed by atoms with van der Waals surface area (Å²) < 4.78 is 39.6. The molecule has 0 radical (unpaired) electrons. The van der Waals surface area contributed by atoms with Gasteiger partial charge >= 0.3 is 6.18 Å². The summed E-state index contributed by atoms with van der Waals surface area (Å²) in [5, 5.41) is 8.93. The molecule has 1 aromatic carbocycles. The lowest BCUT2D eigenvalue weighted by molar-refractivity contribution is -0.137. The summed E-state index contributed by atoms with van der Waals surface area (Å²) >= 11 is 0. The van der Waals surface area contributed by atoms with Crippen molar-refractivity contribution in [3.8, 4) is 6.07 Å². The van der Waals surface area contributed by atoms with E-state index in [0.29, 0.717) is 44.6 Å². The van der Waals surface area contributed by atoms with Gasteiger partial charge in [-0.1, -0.05) is 0 Å². The van der Waals surface area contributed by atoms with Gasteiger partial charge in [-0.15, -0.1) is 0 Å². The number of benzene rings is 1. The van der Waals surface area contributed by atoms with Gasteiger partial charge in [0.15, 0.2) is 0 Å². The number of nitrogens with two attached hydrogens (primary N) is 1. The van der Waals surface area contributed by atoms with E-state index in [1.54, 1.807) is 6.07 Å². The third-order valence-corrected chi connectivity index (χ3v) is 5.86. The number of amides is 2. The first-order valence-electron chi connectivity index (χ1n) is 8.99. The molecule has 0 aliphatic carbocycles. The van der Waals surface area contributed by atoms with Gasteiger partial charge in [-0.3, -0.25) is 9.59 Å². The third kappa shape index (κ3) is 3.63. The van der Waals surface area contributed by atoms with E-state index in [4.69, 9.17) is 11.0 Å². The van der Waals surface area contributed by atoms with E-state index in [2.05, 4.69) is 0 Å². The zero-order chi connectivity index (χ0) is 20.7. The number of hydrogen-bond acceptors (Lipinski definition) is 4. The zero-order valence-electron chi connectivity index (χ0n) is 15.4. The van der Waals surface area contributed by atoms with Gasteiger partial charge in [0.1, 0.15) is 6.04 Å². The maximum Gasteiger partial charge on any atom is 0.417 e. The van der Waals surface area contributed by atoms with Crippen molar-refractivity contribution in [1.29, 1.82) is 5.26 Å². The van der Waals surface area contributed by atoms with Gasteiger partial charge in [0.05, 0.1) is 17.2 Å². The Morgan fingerprint density at radius 3 is 2.39 bits per heavy atom. The predicted octanol–water partition coefficient (Wildman–Crippen LogP) is 2.27. The number of halogens is 3. The summed E-state index contributed by atoms with van der Waals surface area (Å²) in [5.41, 5.74) is 4.26. The monoisotopic (exact) mass is 394 g/mol. The number of anilines is 1. The molecule has 2 fully saturated rings. The zero-order valence-corrected chi connectivity index (χ0v) is 15.4. The Morgan fingerprint density at radius 2 is 1.93 bits per heavy atom. The van der Waals surface area contributed by atoms with Crippen LogP contribution in [0, 0.1) is 16.7 Å². The third-order valence-electron chi connectivity index (χ3n) is 5.86. The fourth-order valence-electron chi connectivity index (χ4n) is 4.30. The quantitative estimate of drug-likeness (QED) is 0.833. The summed E-state index contributed by atoms with van der Waals surface area (Å²) in [6.45, 7) is 2.84. The minimum Gasteiger partial charge on any atom is -0.371 e. The first-order valence-corrected chi connectivity index (χ1v) is 8.99. The van der Waals surface area contributed by atoms with Crippen molar-refractivity contribution in [2.24, 2.45) is 11.1 Å². The fraction of sp³-hybridized carbons (Fsp3) is 0.526. The normalized spacial score (nSPS) is 21.6. The number of likely N-dealkylation sites (tertiary alicyclic amines) is 1. The molecule has 6 nitrogen and oxygen atoms in total. The SMILES string of the molecule is CC(=O)N1CC2(CCN(c3ccc(C#N)c(C(F)(F)F)c3)CC2)CC1C(N)=O. The van der Waals surface area contributed by atoms with Crippen molar-refractivity contribution in [3.05, 3.63) is 29.3 Å². The number of rotatable bonds is 2. The molecule has 2 aliphatic heterocycles. The van der Waals surface area contributed by atoms with Gasteiger partial charge in [-0.25, -0.2) is 0 Å². The fourth-order valence-corrected chi connectivity index (χ4v) is 4.30. The van der Waals surface area contributed by atoms with Gasteiger partial charge in [-0.05, 0) is 42.9 Å². The molecular formula is C19H21F3N4O2. The standard InChI is InChI=1S/C19H21F3N4O2/c1-12(27)26-11-18(9-16(26)17(24)28)4-6-25(7-5-18)14-3-2-13(10-23)15(8-14)19(20,21)22/h2-3,8,16H,4-7,9,11H2,1H3,(H2,24,28). The molecule has 0 bridgehead atoms. The molecule has 1 spiro atoms. The number of carbonyl (C=O) groups excluding carboxylic acids is 2. The summed E-state index contributed by atoms with van der Waals surface area (Å²) in [6.07, 6.45) is -2.83. The van der Waals surface area contributed by atoms with Crippen LogP contribution in [0.3, 0.4) is 0 Å². The van der Waals surface area contributed by atoms with Crippen LogP contribution in [0.25, 0.3) is 0 Å². The molecule has 2 heterocycles. The van der Waals surface area contributed by atoms with E-state index in [1.165, 1.54) is 24.0 Å². The van der Waals surface area contributed by atoms with E-state index in [1.807, 2.05) is 4.90 Å². The van der Waals surface area contributed by atoms with Crippen LogP contribution in [-0.2, 0) is 15.8 Å². The Kier molecular flexibility index (Phi) is 5.00. The van der Waals surface area contributed by atoms with Gasteiger partial charge in [0.25, 0.3) is 0 Å². The van der Waals surface area contributed by atoms with Crippen molar-refractivity contribution < 1.29 is 22.8 Å². The molecule has 2 amide bonds. The molecule has 2 saturated heterocycles. The molecule has 1 aromatic rings. The maximum absolute atomic E-state index is 13.2. The van der Waals surface area contributed by atoms with E-state index in [0.717, 1.165) is 6.07 Å². The molecule has 0 aromatic heterocycles. The summed E-state index contributed by atoms with van der Waals surface area (Å²) in [5.74, 6) is -0.735. The highest BCUT2D eigenvalue weighted by atomic mass is 19.4. The number of piperidine rings is 1. The van der Waals surface area contributed by atoms with Crippen molar-refractivity contribution >= 4 is 17.5 Å². The average molecular weight is 394 g/mol. The smallest absolute Gasteiger partial charge is 0.371 e. The van der Waals surface area contributed by atoms with Gasteiger partial charge < -0.3 is 15.5 Å². The van der Waals surface area contributed by atoms with Gasteiger partial charge in [0, 0.05) is 32.2 Å². The molecule has 2 N–H and O–H groups in total. The summed E-state index contributed by atoms with van der Waals surface area (Å²) in [7, 11) is 0. The minimum atomic E-state index is -4.60. The maximum atomic E-state index is 13.2. The van der Waals surface area contributed by atoms with Crippen molar-refractivity contribution in [2.75, 3.05) is 24.5 Å². The van der Waals surface area contributed by atoms with Gasteiger partial charge in [-0.2, -0.15) is 18.4 Å². The summed E-state index contributed by atoms with van der Waals surface area (Å²) in [6, 6.07) is 4.68. The lowest BCUT2D eigenvalue weighted by Crippen LogP contribution is -2.43. The van der Waals surface area contributed by atoms with Crippen LogP contribution in [0.15, 0.2) is 18.2 Å². The average Bonchev–Trinajstić information content (AvgIpc) is 3.01. The molecule has 1 atom stereocenters. The number of nitrogens with zero attached hydrogens (tertiary/aromatic N) is 3. The Bertz CT molecular complexity index is 815. The van der Waals surface area contributed by atoms with E-state index in [-0.39, 0.29) is 11.3 Å². The number of hydrogen-bond donors (Lipinski definition) is 1. The highest BCUT2D eigenvalue weighted by molar-refractivity contribution is 5.86. The Labute approximate surface area is 160 Å². The van der Waals surface area contributed by atoms with Crippen molar-refractivity contribution in [1.82, 2.24) is 4.90 Å². The number of nitriles is 1. The molecular weight excluding hydrogens is 373 g/mol. The Balaban J connectivity index is 1.77. The van der Waals surface area contributed by atoms with Crippen LogP contribution in [0.2, 0.25) is 0 Å². The van der Waals surface area contributed by atoms with Crippen LogP contribution >= 0.6 is 0 Å². The molecule has 150 valence electrons. The number of carbonyl (C=O) groups is 2. The number of alkyl halides is 3. The van der Waals surface area contributed by atoms with Gasteiger partial charge in [0.2, 0.25) is 11.8 Å². The molecule has 9 heteroatoms. The van der Waals surface area contributed by atoms with Crippen LogP contribution in [0.4, 0.5) is 18.9 Å². The largest absolute Gasteiger partial charge is 0.417 e. The minimum absolute atomic E-state index is 0.204. The van der Waals surface area contributed by atoms with Crippen molar-refractivity contribution in [2.45, 2.75) is 38.4 Å². The Hall–Kier alpha value is -2.76. The molecule has 3 rings (SSSR count). The van der Waals surface area contributed by atoms with Crippen LogP contribution in [-0.4, -0.2) is 42.4 Å². The first-order chi connectivity index (χ1) is 13.1. The second kappa shape index (κ2) is 7.00. The molecule has 0 saturated carbocycles. The van der Waals surface area contributed by atoms with Crippen LogP contribution in [0.1, 0.15) is 37.3 Å².